The van der Waals surface area contributed by atoms with E-state index in [-0.39, 0.29) is 0 Å². The summed E-state index contributed by atoms with van der Waals surface area (Å²) in [4.78, 5) is 4.81. The van der Waals surface area contributed by atoms with E-state index in [0.717, 1.165) is 12.3 Å². The van der Waals surface area contributed by atoms with E-state index in [4.69, 9.17) is 4.98 Å². The first-order valence-corrected chi connectivity index (χ1v) is 9.85. The van der Waals surface area contributed by atoms with Crippen molar-refractivity contribution in [3.63, 3.8) is 0 Å². The number of nitrogens with zero attached hydrogens (tertiary/aromatic N) is 1. The molecule has 24 heavy (non-hydrogen) atoms. The van der Waals surface area contributed by atoms with Crippen LogP contribution in [0.4, 0.5) is 0 Å². The monoisotopic (exact) mass is 321 g/mol. The predicted molar refractivity (Wildman–Crippen MR) is 103 cm³/mol. The highest BCUT2D eigenvalue weighted by Crippen LogP contribution is 2.37. The Hall–Kier alpha value is -1.63. The Bertz CT molecular complexity index is 603. The largest absolute Gasteiger partial charge is 0.260 e. The minimum atomic E-state index is 0.680. The van der Waals surface area contributed by atoms with Crippen LogP contribution >= 0.6 is 0 Å². The summed E-state index contributed by atoms with van der Waals surface area (Å²) in [6.07, 6.45) is 12.6. The van der Waals surface area contributed by atoms with Crippen molar-refractivity contribution in [3.8, 4) is 11.1 Å². The summed E-state index contributed by atoms with van der Waals surface area (Å²) in [5.41, 5.74) is 5.24. The fourth-order valence-corrected chi connectivity index (χ4v) is 4.13. The van der Waals surface area contributed by atoms with Gasteiger partial charge in [-0.25, -0.2) is 0 Å². The molecular weight excluding hydrogens is 290 g/mol. The van der Waals surface area contributed by atoms with Crippen molar-refractivity contribution in [2.75, 3.05) is 0 Å². The summed E-state index contributed by atoms with van der Waals surface area (Å²) in [6.45, 7) is 4.54. The van der Waals surface area contributed by atoms with Crippen LogP contribution in [0.3, 0.4) is 0 Å². The summed E-state index contributed by atoms with van der Waals surface area (Å²) in [6, 6.07) is 13.5. The Morgan fingerprint density at radius 2 is 1.54 bits per heavy atom. The maximum atomic E-state index is 4.81. The van der Waals surface area contributed by atoms with Gasteiger partial charge in [0.2, 0.25) is 0 Å². The highest BCUT2D eigenvalue weighted by atomic mass is 14.7. The molecule has 2 aromatic rings. The molecule has 0 spiro atoms. The van der Waals surface area contributed by atoms with Crippen molar-refractivity contribution < 1.29 is 0 Å². The van der Waals surface area contributed by atoms with E-state index in [9.17, 15) is 0 Å². The van der Waals surface area contributed by atoms with Crippen molar-refractivity contribution in [2.45, 2.75) is 71.1 Å². The fraction of sp³-hybridized carbons (Fsp3) is 0.522. The van der Waals surface area contributed by atoms with E-state index in [1.165, 1.54) is 67.3 Å². The van der Waals surface area contributed by atoms with E-state index >= 15 is 0 Å². The van der Waals surface area contributed by atoms with Crippen molar-refractivity contribution in [2.24, 2.45) is 5.92 Å². The summed E-state index contributed by atoms with van der Waals surface area (Å²) >= 11 is 0. The number of aromatic nitrogens is 1. The van der Waals surface area contributed by atoms with Crippen LogP contribution < -0.4 is 0 Å². The molecule has 1 aromatic carbocycles. The van der Waals surface area contributed by atoms with Gasteiger partial charge in [-0.05, 0) is 55.2 Å². The lowest BCUT2D eigenvalue weighted by Crippen LogP contribution is -2.14. The molecule has 0 atom stereocenters. The molecule has 0 saturated heterocycles. The lowest BCUT2D eigenvalue weighted by atomic mass is 9.78. The van der Waals surface area contributed by atoms with Gasteiger partial charge < -0.3 is 0 Å². The molecule has 1 aromatic heterocycles. The Kier molecular flexibility index (Phi) is 6.07. The van der Waals surface area contributed by atoms with Gasteiger partial charge in [-0.2, -0.15) is 0 Å². The highest BCUT2D eigenvalue weighted by molar-refractivity contribution is 5.62. The van der Waals surface area contributed by atoms with Gasteiger partial charge >= 0.3 is 0 Å². The zero-order valence-electron chi connectivity index (χ0n) is 15.3. The van der Waals surface area contributed by atoms with Crippen LogP contribution in [0.1, 0.15) is 76.0 Å². The number of aryl methyl sites for hydroxylation is 1. The maximum absolute atomic E-state index is 4.81. The lowest BCUT2D eigenvalue weighted by Gasteiger charge is -2.28. The molecule has 0 amide bonds. The van der Waals surface area contributed by atoms with Gasteiger partial charge in [0.25, 0.3) is 0 Å². The molecule has 0 radical (unpaired) electrons. The van der Waals surface area contributed by atoms with Crippen LogP contribution in [0.2, 0.25) is 0 Å². The number of benzene rings is 1. The second kappa shape index (κ2) is 8.46. The molecule has 0 aliphatic heterocycles. The second-order valence-corrected chi connectivity index (χ2v) is 7.42. The quantitative estimate of drug-likeness (QED) is 0.571. The molecule has 0 unspecified atom stereocenters. The third kappa shape index (κ3) is 4.26. The number of hydrogen-bond acceptors (Lipinski definition) is 1. The first kappa shape index (κ1) is 17.2. The number of hydrogen-bond donors (Lipinski definition) is 0. The standard InChI is InChI=1S/C23H31N/c1-3-5-18-7-11-20(12-8-18)22-15-16-23(24-17-22)21-13-9-19(6-4-2)10-14-21/h7-8,11-12,15-17,19,21H,3-6,9-10,13-14H2,1-2H3. The maximum Gasteiger partial charge on any atom is 0.0434 e. The molecule has 128 valence electrons. The average Bonchev–Trinajstić information content (AvgIpc) is 2.64. The van der Waals surface area contributed by atoms with E-state index < -0.39 is 0 Å². The summed E-state index contributed by atoms with van der Waals surface area (Å²) in [5, 5.41) is 0. The molecular formula is C23H31N. The highest BCUT2D eigenvalue weighted by Gasteiger charge is 2.22. The predicted octanol–water partition coefficient (Wildman–Crippen LogP) is 6.78. The first-order valence-electron chi connectivity index (χ1n) is 9.85. The molecule has 1 heterocycles. The Morgan fingerprint density at radius 3 is 2.12 bits per heavy atom. The summed E-state index contributed by atoms with van der Waals surface area (Å²) < 4.78 is 0. The van der Waals surface area contributed by atoms with Crippen LogP contribution in [0.15, 0.2) is 42.6 Å². The SMILES string of the molecule is CCCc1ccc(-c2ccc(C3CCC(CCC)CC3)nc2)cc1. The van der Waals surface area contributed by atoms with Gasteiger partial charge in [0.1, 0.15) is 0 Å². The van der Waals surface area contributed by atoms with Gasteiger partial charge in [0.15, 0.2) is 0 Å². The van der Waals surface area contributed by atoms with Crippen molar-refractivity contribution >= 4 is 0 Å². The van der Waals surface area contributed by atoms with E-state index in [0.29, 0.717) is 5.92 Å². The lowest BCUT2D eigenvalue weighted by molar-refractivity contribution is 0.305. The van der Waals surface area contributed by atoms with Gasteiger partial charge in [-0.15, -0.1) is 0 Å². The van der Waals surface area contributed by atoms with Gasteiger partial charge in [-0.3, -0.25) is 4.98 Å². The summed E-state index contributed by atoms with van der Waals surface area (Å²) in [7, 11) is 0. The van der Waals surface area contributed by atoms with Gasteiger partial charge in [0, 0.05) is 23.4 Å². The molecule has 0 N–H and O–H groups in total. The molecule has 1 aliphatic carbocycles. The topological polar surface area (TPSA) is 12.9 Å². The zero-order chi connectivity index (χ0) is 16.8. The van der Waals surface area contributed by atoms with Gasteiger partial charge in [-0.1, -0.05) is 63.4 Å². The average molecular weight is 322 g/mol. The number of rotatable bonds is 6. The van der Waals surface area contributed by atoms with E-state index in [1.807, 2.05) is 0 Å². The first-order chi connectivity index (χ1) is 11.8. The molecule has 1 nitrogen and oxygen atoms in total. The van der Waals surface area contributed by atoms with E-state index in [1.54, 1.807) is 0 Å². The third-order valence-corrected chi connectivity index (χ3v) is 5.57. The van der Waals surface area contributed by atoms with Crippen molar-refractivity contribution in [1.29, 1.82) is 0 Å². The normalized spacial score (nSPS) is 20.9. The Morgan fingerprint density at radius 1 is 0.833 bits per heavy atom. The molecule has 0 bridgehead atoms. The van der Waals surface area contributed by atoms with Crippen LogP contribution in [0, 0.1) is 5.92 Å². The molecule has 1 fully saturated rings. The minimum Gasteiger partial charge on any atom is -0.260 e. The Labute approximate surface area is 147 Å². The summed E-state index contributed by atoms with van der Waals surface area (Å²) in [5.74, 6) is 1.64. The number of pyridine rings is 1. The molecule has 1 saturated carbocycles. The van der Waals surface area contributed by atoms with Crippen LogP contribution in [0.25, 0.3) is 11.1 Å². The smallest absolute Gasteiger partial charge is 0.0434 e. The Balaban J connectivity index is 1.63. The third-order valence-electron chi connectivity index (χ3n) is 5.57. The van der Waals surface area contributed by atoms with Crippen LogP contribution in [0.5, 0.6) is 0 Å². The second-order valence-electron chi connectivity index (χ2n) is 7.42. The molecule has 3 rings (SSSR count). The van der Waals surface area contributed by atoms with Gasteiger partial charge in [0.05, 0.1) is 0 Å². The van der Waals surface area contributed by atoms with Crippen LogP contribution in [-0.4, -0.2) is 4.98 Å². The van der Waals surface area contributed by atoms with Crippen LogP contribution in [-0.2, 0) is 6.42 Å². The van der Waals surface area contributed by atoms with E-state index in [2.05, 4.69) is 56.4 Å². The van der Waals surface area contributed by atoms with Crippen molar-refractivity contribution in [1.82, 2.24) is 4.98 Å². The fourth-order valence-electron chi connectivity index (χ4n) is 4.13. The zero-order valence-corrected chi connectivity index (χ0v) is 15.3. The molecule has 1 aliphatic rings. The van der Waals surface area contributed by atoms with Crippen molar-refractivity contribution in [3.05, 3.63) is 53.9 Å². The minimum absolute atomic E-state index is 0.680. The molecule has 1 heteroatoms.